The first-order valence-electron chi connectivity index (χ1n) is 8.06. The molecule has 1 aromatic carbocycles. The average Bonchev–Trinajstić information content (AvgIpc) is 2.80. The second kappa shape index (κ2) is 7.03. The summed E-state index contributed by atoms with van der Waals surface area (Å²) >= 11 is 0. The molecule has 0 unspecified atom stereocenters. The van der Waals surface area contributed by atoms with Gasteiger partial charge in [-0.3, -0.25) is 0 Å². The van der Waals surface area contributed by atoms with Crippen molar-refractivity contribution in [3.63, 3.8) is 0 Å². The van der Waals surface area contributed by atoms with Crippen LogP contribution in [0.1, 0.15) is 44.1 Å². The van der Waals surface area contributed by atoms with Gasteiger partial charge >= 0.3 is 0 Å². The van der Waals surface area contributed by atoms with Gasteiger partial charge in [-0.05, 0) is 30.5 Å². The van der Waals surface area contributed by atoms with Gasteiger partial charge in [0, 0.05) is 12.6 Å². The molecule has 1 fully saturated rings. The van der Waals surface area contributed by atoms with E-state index in [1.807, 2.05) is 0 Å². The Morgan fingerprint density at radius 1 is 1.10 bits per heavy atom. The summed E-state index contributed by atoms with van der Waals surface area (Å²) in [5, 5.41) is 3.68. The molecule has 116 valence electrons. The highest BCUT2D eigenvalue weighted by Gasteiger charge is 2.19. The Labute approximate surface area is 126 Å². The molecule has 4 heteroatoms. The van der Waals surface area contributed by atoms with Crippen molar-refractivity contribution in [2.45, 2.75) is 51.1 Å². The van der Waals surface area contributed by atoms with Crippen molar-refractivity contribution in [3.8, 4) is 17.2 Å². The molecule has 2 aliphatic rings. The number of nitrogens with one attached hydrogen (secondary N) is 1. The first-order chi connectivity index (χ1) is 10.4. The van der Waals surface area contributed by atoms with Gasteiger partial charge in [0.25, 0.3) is 0 Å². The second-order valence-electron chi connectivity index (χ2n) is 5.89. The summed E-state index contributed by atoms with van der Waals surface area (Å²) in [5.41, 5.74) is 1.19. The van der Waals surface area contributed by atoms with E-state index < -0.39 is 0 Å². The van der Waals surface area contributed by atoms with Gasteiger partial charge in [-0.25, -0.2) is 0 Å². The van der Waals surface area contributed by atoms with E-state index in [2.05, 4.69) is 17.4 Å². The van der Waals surface area contributed by atoms with Gasteiger partial charge in [-0.15, -0.1) is 0 Å². The molecule has 1 heterocycles. The van der Waals surface area contributed by atoms with E-state index in [1.54, 1.807) is 7.11 Å². The standard InChI is InChI=1S/C17H25NO3/c1-19-15-10-13(11-16-17(15)21-9-8-20-16)12-18-14-6-4-2-3-5-7-14/h10-11,14,18H,2-9,12H2,1H3. The van der Waals surface area contributed by atoms with Crippen LogP contribution in [0.3, 0.4) is 0 Å². The maximum atomic E-state index is 5.69. The molecule has 1 aromatic rings. The van der Waals surface area contributed by atoms with Crippen molar-refractivity contribution in [2.75, 3.05) is 20.3 Å². The summed E-state index contributed by atoms with van der Waals surface area (Å²) < 4.78 is 16.8. The zero-order valence-corrected chi connectivity index (χ0v) is 12.8. The van der Waals surface area contributed by atoms with Crippen LogP contribution in [-0.2, 0) is 6.54 Å². The van der Waals surface area contributed by atoms with Crippen LogP contribution in [0.25, 0.3) is 0 Å². The van der Waals surface area contributed by atoms with Crippen molar-refractivity contribution < 1.29 is 14.2 Å². The molecular weight excluding hydrogens is 266 g/mol. The number of fused-ring (bicyclic) bond motifs is 1. The van der Waals surface area contributed by atoms with Crippen LogP contribution in [-0.4, -0.2) is 26.4 Å². The fourth-order valence-electron chi connectivity index (χ4n) is 3.18. The molecule has 1 aliphatic heterocycles. The number of hydrogen-bond acceptors (Lipinski definition) is 4. The molecule has 21 heavy (non-hydrogen) atoms. The minimum absolute atomic E-state index is 0.586. The van der Waals surface area contributed by atoms with E-state index in [0.29, 0.717) is 19.3 Å². The Kier molecular flexibility index (Phi) is 4.86. The molecule has 0 radical (unpaired) electrons. The summed E-state index contributed by atoms with van der Waals surface area (Å²) in [6.45, 7) is 2.05. The van der Waals surface area contributed by atoms with Gasteiger partial charge in [0.2, 0.25) is 5.75 Å². The SMILES string of the molecule is COc1cc(CNC2CCCCCC2)cc2c1OCCO2. The smallest absolute Gasteiger partial charge is 0.203 e. The first-order valence-corrected chi connectivity index (χ1v) is 8.06. The zero-order chi connectivity index (χ0) is 14.5. The fourth-order valence-corrected chi connectivity index (χ4v) is 3.18. The monoisotopic (exact) mass is 291 g/mol. The summed E-state index contributed by atoms with van der Waals surface area (Å²) in [6, 6.07) is 4.77. The minimum Gasteiger partial charge on any atom is -0.493 e. The van der Waals surface area contributed by atoms with Crippen LogP contribution in [0.5, 0.6) is 17.2 Å². The maximum absolute atomic E-state index is 5.69. The lowest BCUT2D eigenvalue weighted by molar-refractivity contribution is 0.165. The van der Waals surface area contributed by atoms with Gasteiger partial charge in [0.05, 0.1) is 7.11 Å². The van der Waals surface area contributed by atoms with E-state index in [9.17, 15) is 0 Å². The van der Waals surface area contributed by atoms with Crippen LogP contribution in [0.2, 0.25) is 0 Å². The molecule has 1 N–H and O–H groups in total. The molecular formula is C17H25NO3. The van der Waals surface area contributed by atoms with Gasteiger partial charge < -0.3 is 19.5 Å². The normalized spacial score (nSPS) is 19.1. The van der Waals surface area contributed by atoms with Gasteiger partial charge in [0.1, 0.15) is 13.2 Å². The van der Waals surface area contributed by atoms with E-state index in [4.69, 9.17) is 14.2 Å². The third kappa shape index (κ3) is 3.62. The van der Waals surface area contributed by atoms with E-state index in [1.165, 1.54) is 44.1 Å². The Bertz CT molecular complexity index is 450. The topological polar surface area (TPSA) is 39.7 Å². The first kappa shape index (κ1) is 14.5. The van der Waals surface area contributed by atoms with Gasteiger partial charge in [0.15, 0.2) is 11.5 Å². The molecule has 0 aromatic heterocycles. The molecule has 0 spiro atoms. The lowest BCUT2D eigenvalue weighted by Crippen LogP contribution is -2.28. The molecule has 1 aliphatic carbocycles. The predicted octanol–water partition coefficient (Wildman–Crippen LogP) is 3.28. The third-order valence-corrected chi connectivity index (χ3v) is 4.34. The number of benzene rings is 1. The largest absolute Gasteiger partial charge is 0.493 e. The average molecular weight is 291 g/mol. The predicted molar refractivity (Wildman–Crippen MR) is 82.3 cm³/mol. The van der Waals surface area contributed by atoms with Crippen molar-refractivity contribution in [1.82, 2.24) is 5.32 Å². The van der Waals surface area contributed by atoms with Crippen LogP contribution >= 0.6 is 0 Å². The maximum Gasteiger partial charge on any atom is 0.203 e. The van der Waals surface area contributed by atoms with E-state index in [0.717, 1.165) is 23.8 Å². The quantitative estimate of drug-likeness (QED) is 0.864. The van der Waals surface area contributed by atoms with Crippen LogP contribution < -0.4 is 19.5 Å². The Balaban J connectivity index is 1.67. The van der Waals surface area contributed by atoms with Gasteiger partial charge in [-0.2, -0.15) is 0 Å². The molecule has 0 bridgehead atoms. The number of rotatable bonds is 4. The molecule has 0 atom stereocenters. The molecule has 0 amide bonds. The van der Waals surface area contributed by atoms with Crippen LogP contribution in [0.4, 0.5) is 0 Å². The lowest BCUT2D eigenvalue weighted by atomic mass is 10.1. The highest BCUT2D eigenvalue weighted by molar-refractivity contribution is 5.54. The fraction of sp³-hybridized carbons (Fsp3) is 0.647. The highest BCUT2D eigenvalue weighted by atomic mass is 16.6. The van der Waals surface area contributed by atoms with Crippen molar-refractivity contribution >= 4 is 0 Å². The second-order valence-corrected chi connectivity index (χ2v) is 5.89. The van der Waals surface area contributed by atoms with Crippen molar-refractivity contribution in [3.05, 3.63) is 17.7 Å². The summed E-state index contributed by atoms with van der Waals surface area (Å²) in [6.07, 6.45) is 8.06. The summed E-state index contributed by atoms with van der Waals surface area (Å²) in [7, 11) is 1.68. The highest BCUT2D eigenvalue weighted by Crippen LogP contribution is 2.40. The molecule has 4 nitrogen and oxygen atoms in total. The van der Waals surface area contributed by atoms with Crippen molar-refractivity contribution in [2.24, 2.45) is 0 Å². The van der Waals surface area contributed by atoms with E-state index in [-0.39, 0.29) is 0 Å². The Hall–Kier alpha value is -1.42. The number of ether oxygens (including phenoxy) is 3. The molecule has 0 saturated heterocycles. The van der Waals surface area contributed by atoms with Gasteiger partial charge in [-0.1, -0.05) is 25.7 Å². The van der Waals surface area contributed by atoms with Crippen LogP contribution in [0, 0.1) is 0 Å². The molecule has 3 rings (SSSR count). The summed E-state index contributed by atoms with van der Waals surface area (Å²) in [5.74, 6) is 2.31. The van der Waals surface area contributed by atoms with Crippen molar-refractivity contribution in [1.29, 1.82) is 0 Å². The third-order valence-electron chi connectivity index (χ3n) is 4.34. The number of hydrogen-bond donors (Lipinski definition) is 1. The lowest BCUT2D eigenvalue weighted by Gasteiger charge is -2.22. The Morgan fingerprint density at radius 3 is 2.62 bits per heavy atom. The Morgan fingerprint density at radius 2 is 1.86 bits per heavy atom. The minimum atomic E-state index is 0.586. The van der Waals surface area contributed by atoms with Crippen LogP contribution in [0.15, 0.2) is 12.1 Å². The number of methoxy groups -OCH3 is 1. The summed E-state index contributed by atoms with van der Waals surface area (Å²) in [4.78, 5) is 0. The van der Waals surface area contributed by atoms with E-state index >= 15 is 0 Å². The zero-order valence-electron chi connectivity index (χ0n) is 12.8. The molecule has 1 saturated carbocycles.